The standard InChI is InChI=1S/C16H26N2S/c1-4-19-16-9-5-8-15(14(16)11-17)18-10-6-7-12(2)13(18)3/h5,8-9,12-13H,4,6-7,10-11,17H2,1-3H3. The molecule has 0 aromatic heterocycles. The minimum atomic E-state index is 0.612. The van der Waals surface area contributed by atoms with E-state index < -0.39 is 0 Å². The first-order valence-electron chi connectivity index (χ1n) is 7.40. The molecule has 1 aliphatic heterocycles. The fourth-order valence-corrected chi connectivity index (χ4v) is 3.84. The number of hydrogen-bond acceptors (Lipinski definition) is 3. The van der Waals surface area contributed by atoms with Gasteiger partial charge in [0.1, 0.15) is 0 Å². The van der Waals surface area contributed by atoms with Gasteiger partial charge in [-0.1, -0.05) is 19.9 Å². The quantitative estimate of drug-likeness (QED) is 0.847. The van der Waals surface area contributed by atoms with E-state index in [9.17, 15) is 0 Å². The molecule has 3 heteroatoms. The maximum Gasteiger partial charge on any atom is 0.0425 e. The molecule has 0 amide bonds. The summed E-state index contributed by atoms with van der Waals surface area (Å²) in [4.78, 5) is 3.92. The van der Waals surface area contributed by atoms with E-state index in [0.29, 0.717) is 12.6 Å². The van der Waals surface area contributed by atoms with Gasteiger partial charge in [-0.2, -0.15) is 0 Å². The van der Waals surface area contributed by atoms with Crippen LogP contribution in [0.2, 0.25) is 0 Å². The summed E-state index contributed by atoms with van der Waals surface area (Å²) in [5.74, 6) is 1.87. The lowest BCUT2D eigenvalue weighted by atomic mass is 9.91. The average molecular weight is 278 g/mol. The number of hydrogen-bond donors (Lipinski definition) is 1. The van der Waals surface area contributed by atoms with Gasteiger partial charge in [-0.25, -0.2) is 0 Å². The highest BCUT2D eigenvalue weighted by molar-refractivity contribution is 7.99. The Labute approximate surface area is 121 Å². The highest BCUT2D eigenvalue weighted by Crippen LogP contribution is 2.35. The van der Waals surface area contributed by atoms with E-state index >= 15 is 0 Å². The predicted octanol–water partition coefficient (Wildman–Crippen LogP) is 3.88. The van der Waals surface area contributed by atoms with E-state index in [1.807, 2.05) is 11.8 Å². The molecule has 1 aromatic rings. The van der Waals surface area contributed by atoms with E-state index in [4.69, 9.17) is 5.73 Å². The molecule has 0 aliphatic carbocycles. The van der Waals surface area contributed by atoms with E-state index in [2.05, 4.69) is 43.9 Å². The molecule has 1 heterocycles. The van der Waals surface area contributed by atoms with Crippen LogP contribution in [0.1, 0.15) is 39.2 Å². The molecule has 0 bridgehead atoms. The fraction of sp³-hybridized carbons (Fsp3) is 0.625. The zero-order chi connectivity index (χ0) is 13.8. The Kier molecular flexibility index (Phi) is 5.17. The second kappa shape index (κ2) is 6.67. The van der Waals surface area contributed by atoms with Crippen molar-refractivity contribution in [2.45, 2.75) is 51.1 Å². The van der Waals surface area contributed by atoms with Crippen molar-refractivity contribution in [3.8, 4) is 0 Å². The van der Waals surface area contributed by atoms with Gasteiger partial charge in [-0.15, -0.1) is 11.8 Å². The first kappa shape index (κ1) is 14.7. The number of piperidine rings is 1. The van der Waals surface area contributed by atoms with E-state index in [1.165, 1.54) is 35.5 Å². The lowest BCUT2D eigenvalue weighted by molar-refractivity contribution is 0.363. The summed E-state index contributed by atoms with van der Waals surface area (Å²) >= 11 is 1.90. The van der Waals surface area contributed by atoms with Crippen molar-refractivity contribution in [2.24, 2.45) is 11.7 Å². The highest BCUT2D eigenvalue weighted by Gasteiger charge is 2.26. The molecule has 2 unspecified atom stereocenters. The molecule has 1 saturated heterocycles. The second-order valence-corrected chi connectivity index (χ2v) is 6.75. The Bertz CT molecular complexity index is 419. The molecule has 2 N–H and O–H groups in total. The van der Waals surface area contributed by atoms with Crippen LogP contribution in [0.5, 0.6) is 0 Å². The molecule has 2 nitrogen and oxygen atoms in total. The van der Waals surface area contributed by atoms with Gasteiger partial charge in [0.05, 0.1) is 0 Å². The number of nitrogens with two attached hydrogens (primary N) is 1. The van der Waals surface area contributed by atoms with Crippen LogP contribution in [0.4, 0.5) is 5.69 Å². The molecule has 106 valence electrons. The van der Waals surface area contributed by atoms with Crippen molar-refractivity contribution >= 4 is 17.4 Å². The summed E-state index contributed by atoms with van der Waals surface area (Å²) in [7, 11) is 0. The number of anilines is 1. The van der Waals surface area contributed by atoms with Gasteiger partial charge in [-0.3, -0.25) is 0 Å². The highest BCUT2D eigenvalue weighted by atomic mass is 32.2. The van der Waals surface area contributed by atoms with Crippen LogP contribution in [0, 0.1) is 5.92 Å². The monoisotopic (exact) mass is 278 g/mol. The molecule has 2 rings (SSSR count). The Hall–Kier alpha value is -0.670. The Balaban J connectivity index is 2.35. The molecule has 0 saturated carbocycles. The smallest absolute Gasteiger partial charge is 0.0425 e. The zero-order valence-corrected chi connectivity index (χ0v) is 13.2. The van der Waals surface area contributed by atoms with Gasteiger partial charge in [0.25, 0.3) is 0 Å². The SMILES string of the molecule is CCSc1cccc(N2CCCC(C)C2C)c1CN. The molecular formula is C16H26N2S. The second-order valence-electron chi connectivity index (χ2n) is 5.44. The summed E-state index contributed by atoms with van der Waals surface area (Å²) in [5, 5.41) is 0. The summed E-state index contributed by atoms with van der Waals surface area (Å²) in [6.45, 7) is 8.71. The van der Waals surface area contributed by atoms with Gasteiger partial charge >= 0.3 is 0 Å². The number of benzene rings is 1. The van der Waals surface area contributed by atoms with Crippen molar-refractivity contribution in [3.05, 3.63) is 23.8 Å². The summed E-state index contributed by atoms with van der Waals surface area (Å²) in [6.07, 6.45) is 2.64. The Morgan fingerprint density at radius 2 is 2.16 bits per heavy atom. The molecule has 19 heavy (non-hydrogen) atoms. The maximum absolute atomic E-state index is 6.03. The molecular weight excluding hydrogens is 252 g/mol. The lowest BCUT2D eigenvalue weighted by Gasteiger charge is -2.40. The summed E-state index contributed by atoms with van der Waals surface area (Å²) in [6, 6.07) is 7.24. The Morgan fingerprint density at radius 3 is 2.84 bits per heavy atom. The number of thioether (sulfide) groups is 1. The van der Waals surface area contributed by atoms with Crippen LogP contribution in [0.15, 0.2) is 23.1 Å². The third kappa shape index (κ3) is 3.09. The summed E-state index contributed by atoms with van der Waals surface area (Å²) < 4.78 is 0. The largest absolute Gasteiger partial charge is 0.368 e. The molecule has 2 atom stereocenters. The van der Waals surface area contributed by atoms with Crippen LogP contribution in [0.25, 0.3) is 0 Å². The molecule has 1 aromatic carbocycles. The third-order valence-electron chi connectivity index (χ3n) is 4.30. The summed E-state index contributed by atoms with van der Waals surface area (Å²) in [5.41, 5.74) is 8.72. The van der Waals surface area contributed by atoms with Gasteiger partial charge in [0.15, 0.2) is 0 Å². The van der Waals surface area contributed by atoms with Crippen LogP contribution < -0.4 is 10.6 Å². The van der Waals surface area contributed by atoms with E-state index in [0.717, 1.165) is 11.7 Å². The van der Waals surface area contributed by atoms with E-state index in [1.54, 1.807) is 0 Å². The van der Waals surface area contributed by atoms with Crippen LogP contribution in [0.3, 0.4) is 0 Å². The van der Waals surface area contributed by atoms with Crippen molar-refractivity contribution < 1.29 is 0 Å². The molecule has 0 radical (unpaired) electrons. The first-order valence-corrected chi connectivity index (χ1v) is 8.39. The minimum absolute atomic E-state index is 0.612. The molecule has 1 aliphatic rings. The van der Waals surface area contributed by atoms with Gasteiger partial charge < -0.3 is 10.6 Å². The van der Waals surface area contributed by atoms with Crippen molar-refractivity contribution in [1.29, 1.82) is 0 Å². The van der Waals surface area contributed by atoms with Crippen molar-refractivity contribution in [3.63, 3.8) is 0 Å². The van der Waals surface area contributed by atoms with Crippen LogP contribution >= 0.6 is 11.8 Å². The molecule has 0 spiro atoms. The van der Waals surface area contributed by atoms with Crippen LogP contribution in [-0.2, 0) is 6.54 Å². The normalized spacial score (nSPS) is 23.7. The van der Waals surface area contributed by atoms with Crippen molar-refractivity contribution in [1.82, 2.24) is 0 Å². The molecule has 1 fully saturated rings. The fourth-order valence-electron chi connectivity index (χ4n) is 2.99. The van der Waals surface area contributed by atoms with Gasteiger partial charge in [0, 0.05) is 35.3 Å². The first-order chi connectivity index (χ1) is 9.19. The average Bonchev–Trinajstić information content (AvgIpc) is 2.42. The van der Waals surface area contributed by atoms with E-state index in [-0.39, 0.29) is 0 Å². The van der Waals surface area contributed by atoms with Crippen molar-refractivity contribution in [2.75, 3.05) is 17.2 Å². The zero-order valence-electron chi connectivity index (χ0n) is 12.4. The third-order valence-corrected chi connectivity index (χ3v) is 5.28. The number of rotatable bonds is 4. The maximum atomic E-state index is 6.03. The topological polar surface area (TPSA) is 29.3 Å². The number of nitrogens with zero attached hydrogens (tertiary/aromatic N) is 1. The lowest BCUT2D eigenvalue weighted by Crippen LogP contribution is -2.43. The predicted molar refractivity (Wildman–Crippen MR) is 85.9 cm³/mol. The minimum Gasteiger partial charge on any atom is -0.368 e. The van der Waals surface area contributed by atoms with Crippen LogP contribution in [-0.4, -0.2) is 18.3 Å². The van der Waals surface area contributed by atoms with Gasteiger partial charge in [0.2, 0.25) is 0 Å². The Morgan fingerprint density at radius 1 is 1.37 bits per heavy atom. The van der Waals surface area contributed by atoms with Gasteiger partial charge in [-0.05, 0) is 43.6 Å².